The fourth-order valence-corrected chi connectivity index (χ4v) is 2.10. The van der Waals surface area contributed by atoms with Crippen molar-refractivity contribution in [2.75, 3.05) is 13.7 Å². The number of carboxylic acid groups (broad SMARTS) is 1. The van der Waals surface area contributed by atoms with Crippen LogP contribution in [0, 0.1) is 9.49 Å². The molecule has 1 amide bonds. The molecule has 2 N–H and O–H groups in total. The highest BCUT2D eigenvalue weighted by Crippen LogP contribution is 2.28. The van der Waals surface area contributed by atoms with Crippen LogP contribution in [0.2, 0.25) is 5.02 Å². The van der Waals surface area contributed by atoms with Crippen LogP contribution in [-0.2, 0) is 4.79 Å². The summed E-state index contributed by atoms with van der Waals surface area (Å²) < 4.78 is 5.94. The van der Waals surface area contributed by atoms with E-state index in [0.717, 1.165) is 3.57 Å². The van der Waals surface area contributed by atoms with Crippen LogP contribution in [0.5, 0.6) is 5.75 Å². The van der Waals surface area contributed by atoms with E-state index in [4.69, 9.17) is 21.4 Å². The van der Waals surface area contributed by atoms with Crippen LogP contribution in [0.1, 0.15) is 23.7 Å². The van der Waals surface area contributed by atoms with E-state index in [9.17, 15) is 9.59 Å². The first-order valence-electron chi connectivity index (χ1n) is 5.90. The number of hydrogen-bond donors (Lipinski definition) is 2. The zero-order valence-corrected chi connectivity index (χ0v) is 14.0. The average molecular weight is 412 g/mol. The maximum absolute atomic E-state index is 12.0. The molecule has 110 valence electrons. The largest absolute Gasteiger partial charge is 0.496 e. The first-order valence-corrected chi connectivity index (χ1v) is 7.36. The van der Waals surface area contributed by atoms with Gasteiger partial charge in [0, 0.05) is 10.1 Å². The Morgan fingerprint density at radius 3 is 2.70 bits per heavy atom. The molecule has 0 heterocycles. The molecule has 0 aliphatic carbocycles. The second-order valence-corrected chi connectivity index (χ2v) is 5.82. The number of carbonyl (C=O) groups excluding carboxylic acids is 1. The van der Waals surface area contributed by atoms with Crippen molar-refractivity contribution >= 4 is 46.1 Å². The van der Waals surface area contributed by atoms with Crippen molar-refractivity contribution in [3.8, 4) is 5.75 Å². The zero-order valence-electron chi connectivity index (χ0n) is 11.1. The topological polar surface area (TPSA) is 75.6 Å². The number of rotatable bonds is 6. The number of nitrogens with one attached hydrogen (secondary N) is 1. The average Bonchev–Trinajstić information content (AvgIpc) is 2.40. The number of halogens is 2. The van der Waals surface area contributed by atoms with Gasteiger partial charge in [-0.3, -0.25) is 9.59 Å². The van der Waals surface area contributed by atoms with Crippen LogP contribution in [0.4, 0.5) is 0 Å². The second-order valence-electron chi connectivity index (χ2n) is 4.25. The van der Waals surface area contributed by atoms with Crippen molar-refractivity contribution in [2.24, 2.45) is 5.92 Å². The molecule has 0 radical (unpaired) electrons. The van der Waals surface area contributed by atoms with Gasteiger partial charge in [0.25, 0.3) is 5.91 Å². The molecular weight excluding hydrogens is 397 g/mol. The summed E-state index contributed by atoms with van der Waals surface area (Å²) in [6, 6.07) is 3.22. The Morgan fingerprint density at radius 2 is 2.15 bits per heavy atom. The predicted molar refractivity (Wildman–Crippen MR) is 84.5 cm³/mol. The van der Waals surface area contributed by atoms with Gasteiger partial charge in [0.2, 0.25) is 0 Å². The Balaban J connectivity index is 2.73. The Labute approximate surface area is 135 Å². The molecule has 20 heavy (non-hydrogen) atoms. The summed E-state index contributed by atoms with van der Waals surface area (Å²) in [5.74, 6) is -1.29. The molecule has 0 aliphatic rings. The number of methoxy groups -OCH3 is 1. The van der Waals surface area contributed by atoms with Crippen molar-refractivity contribution < 1.29 is 19.4 Å². The summed E-state index contributed by atoms with van der Waals surface area (Å²) in [5, 5.41) is 11.9. The summed E-state index contributed by atoms with van der Waals surface area (Å²) in [7, 11) is 1.47. The van der Waals surface area contributed by atoms with E-state index in [1.807, 2.05) is 22.6 Å². The standard InChI is InChI=1S/C13H15ClINO4/c1-7(13(18)19)3-4-16-12(17)8-5-9(14)10(15)6-11(8)20-2/h5-7H,3-4H2,1-2H3,(H,16,17)(H,18,19). The summed E-state index contributed by atoms with van der Waals surface area (Å²) >= 11 is 8.04. The number of benzene rings is 1. The van der Waals surface area contributed by atoms with Gasteiger partial charge < -0.3 is 15.2 Å². The highest BCUT2D eigenvalue weighted by atomic mass is 127. The molecule has 1 rings (SSSR count). The maximum Gasteiger partial charge on any atom is 0.306 e. The number of ether oxygens (including phenoxy) is 1. The molecule has 1 aromatic carbocycles. The number of hydrogen-bond acceptors (Lipinski definition) is 3. The lowest BCUT2D eigenvalue weighted by atomic mass is 10.1. The SMILES string of the molecule is COc1cc(I)c(Cl)cc1C(=O)NCCC(C)C(=O)O. The van der Waals surface area contributed by atoms with Crippen molar-refractivity contribution in [3.05, 3.63) is 26.3 Å². The van der Waals surface area contributed by atoms with Crippen LogP contribution in [0.25, 0.3) is 0 Å². The highest BCUT2D eigenvalue weighted by molar-refractivity contribution is 14.1. The van der Waals surface area contributed by atoms with Gasteiger partial charge >= 0.3 is 5.97 Å². The number of carboxylic acids is 1. The van der Waals surface area contributed by atoms with Gasteiger partial charge in [-0.1, -0.05) is 18.5 Å². The van der Waals surface area contributed by atoms with Gasteiger partial charge in [0.15, 0.2) is 0 Å². The van der Waals surface area contributed by atoms with Crippen LogP contribution in [-0.4, -0.2) is 30.6 Å². The molecule has 0 aliphatic heterocycles. The van der Waals surface area contributed by atoms with Crippen LogP contribution >= 0.6 is 34.2 Å². The van der Waals surface area contributed by atoms with E-state index in [1.54, 1.807) is 13.0 Å². The number of amides is 1. The molecule has 0 saturated carbocycles. The first-order chi connectivity index (χ1) is 9.36. The third-order valence-corrected chi connectivity index (χ3v) is 4.30. The number of carbonyl (C=O) groups is 2. The van der Waals surface area contributed by atoms with Gasteiger partial charge in [0.05, 0.1) is 23.6 Å². The zero-order chi connectivity index (χ0) is 15.3. The first kappa shape index (κ1) is 17.0. The second kappa shape index (κ2) is 7.68. The van der Waals surface area contributed by atoms with Gasteiger partial charge in [-0.2, -0.15) is 0 Å². The van der Waals surface area contributed by atoms with Gasteiger partial charge in [-0.05, 0) is 41.1 Å². The monoisotopic (exact) mass is 411 g/mol. The minimum Gasteiger partial charge on any atom is -0.496 e. The fraction of sp³-hybridized carbons (Fsp3) is 0.385. The van der Waals surface area contributed by atoms with E-state index in [2.05, 4.69) is 5.32 Å². The van der Waals surface area contributed by atoms with E-state index in [-0.39, 0.29) is 12.5 Å². The summed E-state index contributed by atoms with van der Waals surface area (Å²) in [6.45, 7) is 1.87. The third kappa shape index (κ3) is 4.52. The molecule has 7 heteroatoms. The predicted octanol–water partition coefficient (Wildman–Crippen LogP) is 2.79. The normalized spacial score (nSPS) is 11.8. The molecule has 0 saturated heterocycles. The highest BCUT2D eigenvalue weighted by Gasteiger charge is 2.16. The smallest absolute Gasteiger partial charge is 0.306 e. The molecule has 1 aromatic rings. The molecule has 0 bridgehead atoms. The van der Waals surface area contributed by atoms with Crippen LogP contribution in [0.15, 0.2) is 12.1 Å². The number of aliphatic carboxylic acids is 1. The Morgan fingerprint density at radius 1 is 1.50 bits per heavy atom. The van der Waals surface area contributed by atoms with Crippen molar-refractivity contribution in [3.63, 3.8) is 0 Å². The van der Waals surface area contributed by atoms with Crippen molar-refractivity contribution in [1.29, 1.82) is 0 Å². The third-order valence-electron chi connectivity index (χ3n) is 2.77. The van der Waals surface area contributed by atoms with Crippen molar-refractivity contribution in [2.45, 2.75) is 13.3 Å². The lowest BCUT2D eigenvalue weighted by Gasteiger charge is -2.11. The fourth-order valence-electron chi connectivity index (χ4n) is 1.50. The quantitative estimate of drug-likeness (QED) is 0.706. The van der Waals surface area contributed by atoms with Crippen LogP contribution in [0.3, 0.4) is 0 Å². The Bertz CT molecular complexity index is 521. The molecule has 1 unspecified atom stereocenters. The molecule has 1 atom stereocenters. The maximum atomic E-state index is 12.0. The Kier molecular flexibility index (Phi) is 6.54. The van der Waals surface area contributed by atoms with Crippen LogP contribution < -0.4 is 10.1 Å². The lowest BCUT2D eigenvalue weighted by Crippen LogP contribution is -2.27. The summed E-state index contributed by atoms with van der Waals surface area (Å²) in [6.07, 6.45) is 0.363. The molecule has 0 spiro atoms. The molecule has 0 aromatic heterocycles. The van der Waals surface area contributed by atoms with E-state index < -0.39 is 11.9 Å². The minimum absolute atomic E-state index is 0.277. The molecule has 5 nitrogen and oxygen atoms in total. The Hall–Kier alpha value is -1.02. The van der Waals surface area contributed by atoms with Crippen molar-refractivity contribution in [1.82, 2.24) is 5.32 Å². The molecular formula is C13H15ClINO4. The minimum atomic E-state index is -0.880. The van der Waals surface area contributed by atoms with Gasteiger partial charge in [-0.25, -0.2) is 0 Å². The van der Waals surface area contributed by atoms with E-state index >= 15 is 0 Å². The molecule has 0 fully saturated rings. The van der Waals surface area contributed by atoms with Gasteiger partial charge in [0.1, 0.15) is 5.75 Å². The van der Waals surface area contributed by atoms with Gasteiger partial charge in [-0.15, -0.1) is 0 Å². The summed E-state index contributed by atoms with van der Waals surface area (Å²) in [4.78, 5) is 22.7. The van der Waals surface area contributed by atoms with E-state index in [0.29, 0.717) is 22.8 Å². The summed E-state index contributed by atoms with van der Waals surface area (Å²) in [5.41, 5.74) is 0.334. The van der Waals surface area contributed by atoms with E-state index in [1.165, 1.54) is 13.2 Å². The lowest BCUT2D eigenvalue weighted by molar-refractivity contribution is -0.141.